The zero-order valence-electron chi connectivity index (χ0n) is 7.12. The van der Waals surface area contributed by atoms with Gasteiger partial charge in [0.05, 0.1) is 5.56 Å². The fourth-order valence-corrected chi connectivity index (χ4v) is 2.25. The largest absolute Gasteiger partial charge is 0.279 e. The summed E-state index contributed by atoms with van der Waals surface area (Å²) in [6.45, 7) is 0. The first kappa shape index (κ1) is 12.8. The van der Waals surface area contributed by atoms with Crippen molar-refractivity contribution in [2.75, 3.05) is 0 Å². The van der Waals surface area contributed by atoms with Gasteiger partial charge in [0.2, 0.25) is 0 Å². The van der Waals surface area contributed by atoms with Gasteiger partial charge in [0.25, 0.3) is 15.5 Å². The second-order valence-corrected chi connectivity index (χ2v) is 5.65. The van der Waals surface area contributed by atoms with Crippen molar-refractivity contribution in [1.29, 1.82) is 0 Å². The Morgan fingerprint density at radius 1 is 1.53 bits per heavy atom. The summed E-state index contributed by atoms with van der Waals surface area (Å²) in [5, 5.41) is -0.480. The van der Waals surface area contributed by atoms with Crippen LogP contribution in [0, 0.1) is 0 Å². The SMILES string of the molecule is O=S(=O)(Cl)c1ncc(CBr)cc1C(F)F. The standard InChI is InChI=1S/C7H5BrClF2NO2S/c8-2-4-1-5(6(10)11)7(12-3-4)15(9,13)14/h1,3,6H,2H2. The van der Waals surface area contributed by atoms with Crippen LogP contribution in [0.3, 0.4) is 0 Å². The summed E-state index contributed by atoms with van der Waals surface area (Å²) in [6, 6.07) is 1.06. The Labute approximate surface area is 98.0 Å². The van der Waals surface area contributed by atoms with Gasteiger partial charge in [0, 0.05) is 22.2 Å². The molecule has 1 aromatic heterocycles. The lowest BCUT2D eigenvalue weighted by Crippen LogP contribution is -2.03. The number of hydrogen-bond acceptors (Lipinski definition) is 3. The van der Waals surface area contributed by atoms with Crippen molar-refractivity contribution in [3.8, 4) is 0 Å². The zero-order valence-corrected chi connectivity index (χ0v) is 10.3. The molecule has 0 saturated carbocycles. The van der Waals surface area contributed by atoms with Crippen LogP contribution in [-0.2, 0) is 14.4 Å². The number of pyridine rings is 1. The highest BCUT2D eigenvalue weighted by molar-refractivity contribution is 9.08. The van der Waals surface area contributed by atoms with E-state index in [4.69, 9.17) is 10.7 Å². The van der Waals surface area contributed by atoms with Crippen LogP contribution in [0.25, 0.3) is 0 Å². The molecule has 15 heavy (non-hydrogen) atoms. The molecular weight excluding hydrogens is 316 g/mol. The summed E-state index contributed by atoms with van der Waals surface area (Å²) >= 11 is 3.05. The summed E-state index contributed by atoms with van der Waals surface area (Å²) in [4.78, 5) is 3.41. The number of rotatable bonds is 3. The summed E-state index contributed by atoms with van der Waals surface area (Å²) in [7, 11) is 0.730. The van der Waals surface area contributed by atoms with Gasteiger partial charge in [0.15, 0.2) is 5.03 Å². The second-order valence-electron chi connectivity index (χ2n) is 2.61. The third-order valence-electron chi connectivity index (χ3n) is 1.56. The summed E-state index contributed by atoms with van der Waals surface area (Å²) in [5.41, 5.74) is -0.226. The van der Waals surface area contributed by atoms with Crippen molar-refractivity contribution in [2.45, 2.75) is 16.8 Å². The van der Waals surface area contributed by atoms with Gasteiger partial charge in [-0.15, -0.1) is 0 Å². The first-order chi connectivity index (χ1) is 6.86. The van der Waals surface area contributed by atoms with E-state index in [0.717, 1.165) is 6.07 Å². The summed E-state index contributed by atoms with van der Waals surface area (Å²) < 4.78 is 46.8. The molecule has 84 valence electrons. The molecule has 0 aliphatic heterocycles. The highest BCUT2D eigenvalue weighted by atomic mass is 79.9. The Morgan fingerprint density at radius 2 is 2.13 bits per heavy atom. The predicted octanol–water partition coefficient (Wildman–Crippen LogP) is 2.84. The number of aromatic nitrogens is 1. The Bertz CT molecular complexity index is 466. The van der Waals surface area contributed by atoms with Gasteiger partial charge < -0.3 is 0 Å². The smallest absolute Gasteiger partial charge is 0.243 e. The molecule has 1 aromatic rings. The molecule has 0 fully saturated rings. The monoisotopic (exact) mass is 319 g/mol. The van der Waals surface area contributed by atoms with Crippen molar-refractivity contribution >= 4 is 35.7 Å². The van der Waals surface area contributed by atoms with Crippen LogP contribution < -0.4 is 0 Å². The van der Waals surface area contributed by atoms with E-state index in [2.05, 4.69) is 20.9 Å². The fourth-order valence-electron chi connectivity index (χ4n) is 0.948. The average Bonchev–Trinajstić information content (AvgIpc) is 2.15. The van der Waals surface area contributed by atoms with E-state index in [9.17, 15) is 17.2 Å². The molecule has 0 radical (unpaired) electrons. The Balaban J connectivity index is 3.41. The molecular formula is C7H5BrClF2NO2S. The summed E-state index contributed by atoms with van der Waals surface area (Å²) in [6.07, 6.45) is -1.75. The summed E-state index contributed by atoms with van der Waals surface area (Å²) in [5.74, 6) is 0. The van der Waals surface area contributed by atoms with E-state index in [1.807, 2.05) is 0 Å². The number of nitrogens with zero attached hydrogens (tertiary/aromatic N) is 1. The molecule has 0 spiro atoms. The van der Waals surface area contributed by atoms with Crippen molar-refractivity contribution in [3.63, 3.8) is 0 Å². The van der Waals surface area contributed by atoms with Gasteiger partial charge in [-0.1, -0.05) is 15.9 Å². The highest BCUT2D eigenvalue weighted by Crippen LogP contribution is 2.28. The fraction of sp³-hybridized carbons (Fsp3) is 0.286. The third-order valence-corrected chi connectivity index (χ3v) is 3.44. The molecule has 1 rings (SSSR count). The van der Waals surface area contributed by atoms with Crippen molar-refractivity contribution in [2.24, 2.45) is 0 Å². The topological polar surface area (TPSA) is 47.0 Å². The zero-order chi connectivity index (χ0) is 11.6. The van der Waals surface area contributed by atoms with Crippen LogP contribution in [-0.4, -0.2) is 13.4 Å². The molecule has 0 aromatic carbocycles. The van der Waals surface area contributed by atoms with Gasteiger partial charge in [-0.25, -0.2) is 22.2 Å². The second kappa shape index (κ2) is 4.71. The van der Waals surface area contributed by atoms with Crippen molar-refractivity contribution in [3.05, 3.63) is 23.4 Å². The highest BCUT2D eigenvalue weighted by Gasteiger charge is 2.23. The Kier molecular flexibility index (Phi) is 4.02. The average molecular weight is 321 g/mol. The van der Waals surface area contributed by atoms with Crippen LogP contribution in [0.15, 0.2) is 17.3 Å². The number of halogens is 4. The molecule has 0 bridgehead atoms. The van der Waals surface area contributed by atoms with E-state index in [1.54, 1.807) is 0 Å². The normalized spacial score (nSPS) is 12.1. The molecule has 8 heteroatoms. The van der Waals surface area contributed by atoms with Crippen molar-refractivity contribution in [1.82, 2.24) is 4.98 Å². The lowest BCUT2D eigenvalue weighted by atomic mass is 10.2. The first-order valence-corrected chi connectivity index (χ1v) is 7.07. The molecule has 0 N–H and O–H groups in total. The maximum absolute atomic E-state index is 12.5. The van der Waals surface area contributed by atoms with Crippen LogP contribution in [0.1, 0.15) is 17.6 Å². The maximum atomic E-state index is 12.5. The molecule has 0 amide bonds. The number of hydrogen-bond donors (Lipinski definition) is 0. The van der Waals surface area contributed by atoms with Crippen LogP contribution >= 0.6 is 26.6 Å². The molecule has 0 unspecified atom stereocenters. The predicted molar refractivity (Wildman–Crippen MR) is 54.9 cm³/mol. The van der Waals surface area contributed by atoms with Crippen molar-refractivity contribution < 1.29 is 17.2 Å². The van der Waals surface area contributed by atoms with Gasteiger partial charge in [-0.05, 0) is 11.6 Å². The number of alkyl halides is 3. The van der Waals surface area contributed by atoms with E-state index in [-0.39, 0.29) is 0 Å². The van der Waals surface area contributed by atoms with E-state index in [1.165, 1.54) is 6.20 Å². The van der Waals surface area contributed by atoms with E-state index < -0.39 is 26.1 Å². The molecule has 3 nitrogen and oxygen atoms in total. The van der Waals surface area contributed by atoms with Gasteiger partial charge in [-0.2, -0.15) is 0 Å². The van der Waals surface area contributed by atoms with Gasteiger partial charge in [-0.3, -0.25) is 0 Å². The van der Waals surface area contributed by atoms with Crippen LogP contribution in [0.2, 0.25) is 0 Å². The minimum Gasteiger partial charge on any atom is -0.243 e. The van der Waals surface area contributed by atoms with E-state index >= 15 is 0 Å². The molecule has 0 saturated heterocycles. The first-order valence-electron chi connectivity index (χ1n) is 3.64. The van der Waals surface area contributed by atoms with Crippen LogP contribution in [0.5, 0.6) is 0 Å². The minimum atomic E-state index is -4.24. The Morgan fingerprint density at radius 3 is 2.53 bits per heavy atom. The molecule has 0 aliphatic carbocycles. The van der Waals surface area contributed by atoms with Crippen LogP contribution in [0.4, 0.5) is 8.78 Å². The third kappa shape index (κ3) is 3.09. The maximum Gasteiger partial charge on any atom is 0.279 e. The molecule has 0 atom stereocenters. The van der Waals surface area contributed by atoms with Gasteiger partial charge in [0.1, 0.15) is 0 Å². The van der Waals surface area contributed by atoms with E-state index in [0.29, 0.717) is 10.9 Å². The minimum absolute atomic E-state index is 0.308. The lowest BCUT2D eigenvalue weighted by Gasteiger charge is -2.06. The van der Waals surface area contributed by atoms with Gasteiger partial charge >= 0.3 is 0 Å². The lowest BCUT2D eigenvalue weighted by molar-refractivity contribution is 0.147. The molecule has 1 heterocycles. The Hall–Kier alpha value is -0.270. The molecule has 0 aliphatic rings. The quantitative estimate of drug-likeness (QED) is 0.635.